The van der Waals surface area contributed by atoms with Gasteiger partial charge in [0.15, 0.2) is 6.61 Å². The molecule has 0 unspecified atom stereocenters. The molecule has 3 aromatic carbocycles. The van der Waals surface area contributed by atoms with Crippen molar-refractivity contribution >= 4 is 50.9 Å². The smallest absolute Gasteiger partial charge is 0.356 e. The van der Waals surface area contributed by atoms with Gasteiger partial charge in [-0.3, -0.25) is 9.59 Å². The van der Waals surface area contributed by atoms with Gasteiger partial charge in [-0.25, -0.2) is 4.79 Å². The SMILES string of the molecule is Cc1ccc(-c2c(C(=O)OCC(=O)Nc3ccc(I)cc3)n(C)c(=O)c3ccccc23)cc1. The van der Waals surface area contributed by atoms with Gasteiger partial charge in [-0.1, -0.05) is 48.0 Å². The topological polar surface area (TPSA) is 77.4 Å². The molecule has 7 heteroatoms. The second-order valence-corrected chi connectivity index (χ2v) is 8.88. The van der Waals surface area contributed by atoms with Crippen LogP contribution in [0.4, 0.5) is 5.69 Å². The number of carbonyl (C=O) groups excluding carboxylic acids is 2. The summed E-state index contributed by atoms with van der Waals surface area (Å²) in [5, 5.41) is 3.85. The van der Waals surface area contributed by atoms with Crippen molar-refractivity contribution in [3.05, 3.63) is 98.0 Å². The van der Waals surface area contributed by atoms with Gasteiger partial charge in [-0.05, 0) is 70.8 Å². The van der Waals surface area contributed by atoms with E-state index in [1.54, 1.807) is 24.3 Å². The largest absolute Gasteiger partial charge is 0.451 e. The number of hydrogen-bond acceptors (Lipinski definition) is 4. The van der Waals surface area contributed by atoms with E-state index in [0.29, 0.717) is 22.0 Å². The fourth-order valence-corrected chi connectivity index (χ4v) is 4.01. The highest BCUT2D eigenvalue weighted by molar-refractivity contribution is 14.1. The lowest BCUT2D eigenvalue weighted by molar-refractivity contribution is -0.119. The number of hydrogen-bond donors (Lipinski definition) is 1. The zero-order valence-corrected chi connectivity index (χ0v) is 20.3. The van der Waals surface area contributed by atoms with Crippen molar-refractivity contribution in [2.45, 2.75) is 6.92 Å². The maximum Gasteiger partial charge on any atom is 0.356 e. The number of anilines is 1. The monoisotopic (exact) mass is 552 g/mol. The molecule has 0 spiro atoms. The third-order valence-corrected chi connectivity index (χ3v) is 6.02. The van der Waals surface area contributed by atoms with Crippen molar-refractivity contribution in [3.8, 4) is 11.1 Å². The van der Waals surface area contributed by atoms with Crippen molar-refractivity contribution < 1.29 is 14.3 Å². The minimum Gasteiger partial charge on any atom is -0.451 e. The quantitative estimate of drug-likeness (QED) is 0.282. The number of amides is 1. The van der Waals surface area contributed by atoms with Crippen LogP contribution < -0.4 is 10.9 Å². The Morgan fingerprint density at radius 2 is 1.58 bits per heavy atom. The lowest BCUT2D eigenvalue weighted by Gasteiger charge is -2.17. The van der Waals surface area contributed by atoms with E-state index in [-0.39, 0.29) is 11.3 Å². The maximum absolute atomic E-state index is 13.2. The number of carbonyl (C=O) groups is 2. The lowest BCUT2D eigenvalue weighted by atomic mass is 9.96. The first-order chi connectivity index (χ1) is 15.8. The van der Waals surface area contributed by atoms with Crippen molar-refractivity contribution in [1.29, 1.82) is 0 Å². The molecule has 1 aromatic heterocycles. The fraction of sp³-hybridized carbons (Fsp3) is 0.115. The van der Waals surface area contributed by atoms with Crippen LogP contribution >= 0.6 is 22.6 Å². The average molecular weight is 552 g/mol. The van der Waals surface area contributed by atoms with E-state index in [1.807, 2.05) is 55.5 Å². The van der Waals surface area contributed by atoms with Gasteiger partial charge < -0.3 is 14.6 Å². The van der Waals surface area contributed by atoms with Crippen LogP contribution in [0.25, 0.3) is 21.9 Å². The Balaban J connectivity index is 1.69. The Morgan fingerprint density at radius 3 is 2.24 bits per heavy atom. The molecule has 0 saturated carbocycles. The molecule has 33 heavy (non-hydrogen) atoms. The molecule has 1 amide bonds. The molecule has 6 nitrogen and oxygen atoms in total. The van der Waals surface area contributed by atoms with Crippen LogP contribution in [0, 0.1) is 10.5 Å². The number of aryl methyl sites for hydroxylation is 1. The van der Waals surface area contributed by atoms with Crippen LogP contribution in [0.1, 0.15) is 16.1 Å². The number of nitrogens with one attached hydrogen (secondary N) is 1. The highest BCUT2D eigenvalue weighted by Gasteiger charge is 2.23. The second-order valence-electron chi connectivity index (χ2n) is 7.63. The highest BCUT2D eigenvalue weighted by atomic mass is 127. The molecule has 1 heterocycles. The number of aromatic nitrogens is 1. The molecule has 0 aliphatic heterocycles. The van der Waals surface area contributed by atoms with Crippen LogP contribution in [-0.4, -0.2) is 23.1 Å². The van der Waals surface area contributed by atoms with E-state index in [0.717, 1.165) is 14.7 Å². The van der Waals surface area contributed by atoms with Gasteiger partial charge in [-0.15, -0.1) is 0 Å². The van der Waals surface area contributed by atoms with E-state index in [2.05, 4.69) is 27.9 Å². The molecular formula is C26H21IN2O4. The van der Waals surface area contributed by atoms with Gasteiger partial charge in [0, 0.05) is 27.3 Å². The van der Waals surface area contributed by atoms with E-state index in [4.69, 9.17) is 4.74 Å². The predicted octanol–water partition coefficient (Wildman–Crippen LogP) is 4.91. The number of esters is 1. The molecule has 0 bridgehead atoms. The van der Waals surface area contributed by atoms with Crippen LogP contribution in [-0.2, 0) is 16.6 Å². The van der Waals surface area contributed by atoms with Crippen molar-refractivity contribution in [3.63, 3.8) is 0 Å². The van der Waals surface area contributed by atoms with E-state index in [1.165, 1.54) is 11.6 Å². The second kappa shape index (κ2) is 9.58. The molecule has 0 atom stereocenters. The van der Waals surface area contributed by atoms with Crippen LogP contribution in [0.5, 0.6) is 0 Å². The number of pyridine rings is 1. The number of benzene rings is 3. The summed E-state index contributed by atoms with van der Waals surface area (Å²) >= 11 is 2.17. The van der Waals surface area contributed by atoms with E-state index in [9.17, 15) is 14.4 Å². The van der Waals surface area contributed by atoms with Crippen molar-refractivity contribution in [2.24, 2.45) is 7.05 Å². The lowest BCUT2D eigenvalue weighted by Crippen LogP contribution is -2.28. The summed E-state index contributed by atoms with van der Waals surface area (Å²) in [5.41, 5.74) is 2.85. The summed E-state index contributed by atoms with van der Waals surface area (Å²) in [6, 6.07) is 22.1. The van der Waals surface area contributed by atoms with E-state index < -0.39 is 18.5 Å². The molecule has 0 aliphatic carbocycles. The summed E-state index contributed by atoms with van der Waals surface area (Å²) in [5.74, 6) is -1.21. The number of nitrogens with zero attached hydrogens (tertiary/aromatic N) is 1. The number of rotatable bonds is 5. The van der Waals surface area contributed by atoms with Crippen LogP contribution in [0.3, 0.4) is 0 Å². The summed E-state index contributed by atoms with van der Waals surface area (Å²) in [4.78, 5) is 38.5. The van der Waals surface area contributed by atoms with Gasteiger partial charge in [0.25, 0.3) is 11.5 Å². The average Bonchev–Trinajstić information content (AvgIpc) is 2.82. The summed E-state index contributed by atoms with van der Waals surface area (Å²) in [6.45, 7) is 1.50. The van der Waals surface area contributed by atoms with Gasteiger partial charge in [0.2, 0.25) is 0 Å². The fourth-order valence-electron chi connectivity index (χ4n) is 3.65. The summed E-state index contributed by atoms with van der Waals surface area (Å²) < 4.78 is 7.67. The number of halogens is 1. The minimum absolute atomic E-state index is 0.101. The Morgan fingerprint density at radius 1 is 0.939 bits per heavy atom. The first-order valence-corrected chi connectivity index (χ1v) is 11.3. The molecule has 0 radical (unpaired) electrons. The van der Waals surface area contributed by atoms with Gasteiger partial charge >= 0.3 is 5.97 Å². The zero-order valence-electron chi connectivity index (χ0n) is 18.1. The molecule has 166 valence electrons. The van der Waals surface area contributed by atoms with Crippen molar-refractivity contribution in [2.75, 3.05) is 11.9 Å². The third-order valence-electron chi connectivity index (χ3n) is 5.30. The first kappa shape index (κ1) is 22.7. The minimum atomic E-state index is -0.742. The summed E-state index contributed by atoms with van der Waals surface area (Å²) in [6.07, 6.45) is 0. The Hall–Kier alpha value is -3.46. The third kappa shape index (κ3) is 4.83. The highest BCUT2D eigenvalue weighted by Crippen LogP contribution is 2.31. The molecule has 1 N–H and O–H groups in total. The molecule has 0 fully saturated rings. The molecular weight excluding hydrogens is 531 g/mol. The molecule has 0 saturated heterocycles. The van der Waals surface area contributed by atoms with Crippen molar-refractivity contribution in [1.82, 2.24) is 4.57 Å². The molecule has 4 rings (SSSR count). The molecule has 0 aliphatic rings. The van der Waals surface area contributed by atoms with Gasteiger partial charge in [-0.2, -0.15) is 0 Å². The Kier molecular flexibility index (Phi) is 6.60. The Bertz CT molecular complexity index is 1410. The number of fused-ring (bicyclic) bond motifs is 1. The zero-order chi connectivity index (χ0) is 23.5. The maximum atomic E-state index is 13.2. The normalized spacial score (nSPS) is 10.8. The van der Waals surface area contributed by atoms with Gasteiger partial charge in [0.1, 0.15) is 5.69 Å². The Labute approximate surface area is 204 Å². The predicted molar refractivity (Wildman–Crippen MR) is 137 cm³/mol. The standard InChI is InChI=1S/C26H21IN2O4/c1-16-7-9-17(10-8-16)23-20-5-3-4-6-21(20)25(31)29(2)24(23)26(32)33-15-22(30)28-19-13-11-18(27)12-14-19/h3-14H,15H2,1-2H3,(H,28,30). The van der Waals surface area contributed by atoms with E-state index >= 15 is 0 Å². The summed E-state index contributed by atoms with van der Waals surface area (Å²) in [7, 11) is 1.54. The first-order valence-electron chi connectivity index (χ1n) is 10.3. The number of ether oxygens (including phenoxy) is 1. The molecule has 4 aromatic rings. The van der Waals surface area contributed by atoms with Crippen LogP contribution in [0.15, 0.2) is 77.6 Å². The van der Waals surface area contributed by atoms with Crippen LogP contribution in [0.2, 0.25) is 0 Å². The van der Waals surface area contributed by atoms with Gasteiger partial charge in [0.05, 0.1) is 0 Å².